The van der Waals surface area contributed by atoms with Crippen LogP contribution < -0.4 is 0 Å². The van der Waals surface area contributed by atoms with Gasteiger partial charge in [-0.25, -0.2) is 4.98 Å². The van der Waals surface area contributed by atoms with E-state index < -0.39 is 0 Å². The zero-order valence-corrected chi connectivity index (χ0v) is 14.7. The molecule has 3 aromatic heterocycles. The standard InChI is InChI=1S/C18H16N4O2S/c1-12-5-6-14(13(2)10-12)22-8-7-19-18(22)25-11-16-20-21-17(24-16)15-4-3-9-23-15/h3-10H,11H2,1-2H3. The van der Waals surface area contributed by atoms with Crippen LogP contribution in [-0.2, 0) is 5.75 Å². The highest BCUT2D eigenvalue weighted by atomic mass is 32.2. The van der Waals surface area contributed by atoms with E-state index in [1.165, 1.54) is 11.1 Å². The molecular formula is C18H16N4O2S. The third-order valence-electron chi connectivity index (χ3n) is 3.74. The normalized spacial score (nSPS) is 11.1. The molecule has 0 radical (unpaired) electrons. The van der Waals surface area contributed by atoms with Crippen molar-refractivity contribution in [3.8, 4) is 17.3 Å². The van der Waals surface area contributed by atoms with Crippen molar-refractivity contribution in [1.29, 1.82) is 0 Å². The van der Waals surface area contributed by atoms with Crippen molar-refractivity contribution in [2.24, 2.45) is 0 Å². The maximum atomic E-state index is 5.64. The molecule has 0 N–H and O–H groups in total. The van der Waals surface area contributed by atoms with Crippen molar-refractivity contribution in [3.63, 3.8) is 0 Å². The van der Waals surface area contributed by atoms with Gasteiger partial charge in [-0.05, 0) is 37.6 Å². The molecule has 1 aromatic carbocycles. The highest BCUT2D eigenvalue weighted by molar-refractivity contribution is 7.98. The Morgan fingerprint density at radius 2 is 2.08 bits per heavy atom. The third kappa shape index (κ3) is 3.23. The van der Waals surface area contributed by atoms with Crippen LogP contribution in [0.15, 0.2) is 63.0 Å². The number of aryl methyl sites for hydroxylation is 2. The largest absolute Gasteiger partial charge is 0.459 e. The second kappa shape index (κ2) is 6.60. The molecule has 4 rings (SSSR count). The fourth-order valence-electron chi connectivity index (χ4n) is 2.59. The number of furan rings is 1. The van der Waals surface area contributed by atoms with Gasteiger partial charge in [0.2, 0.25) is 5.89 Å². The minimum atomic E-state index is 0.387. The van der Waals surface area contributed by atoms with Crippen molar-refractivity contribution in [3.05, 3.63) is 66.0 Å². The van der Waals surface area contributed by atoms with E-state index >= 15 is 0 Å². The van der Waals surface area contributed by atoms with E-state index in [-0.39, 0.29) is 0 Å². The molecule has 25 heavy (non-hydrogen) atoms. The summed E-state index contributed by atoms with van der Waals surface area (Å²) in [6, 6.07) is 9.95. The number of imidazole rings is 1. The lowest BCUT2D eigenvalue weighted by Crippen LogP contribution is -1.98. The lowest BCUT2D eigenvalue weighted by Gasteiger charge is -2.10. The second-order valence-corrected chi connectivity index (χ2v) is 6.58. The van der Waals surface area contributed by atoms with Crippen LogP contribution in [0.1, 0.15) is 17.0 Å². The van der Waals surface area contributed by atoms with Crippen molar-refractivity contribution < 1.29 is 8.83 Å². The molecule has 4 aromatic rings. The lowest BCUT2D eigenvalue weighted by atomic mass is 10.1. The van der Waals surface area contributed by atoms with Crippen LogP contribution in [0.2, 0.25) is 0 Å². The molecule has 126 valence electrons. The zero-order chi connectivity index (χ0) is 17.2. The first kappa shape index (κ1) is 15.7. The Morgan fingerprint density at radius 3 is 2.88 bits per heavy atom. The molecule has 6 nitrogen and oxygen atoms in total. The fraction of sp³-hybridized carbons (Fsp3) is 0.167. The predicted molar refractivity (Wildman–Crippen MR) is 94.6 cm³/mol. The summed E-state index contributed by atoms with van der Waals surface area (Å²) in [5, 5.41) is 8.96. The quantitative estimate of drug-likeness (QED) is 0.495. The molecular weight excluding hydrogens is 336 g/mol. The molecule has 0 aliphatic heterocycles. The van der Waals surface area contributed by atoms with E-state index in [1.807, 2.05) is 6.20 Å². The maximum absolute atomic E-state index is 5.64. The average molecular weight is 352 g/mol. The van der Waals surface area contributed by atoms with E-state index in [4.69, 9.17) is 8.83 Å². The van der Waals surface area contributed by atoms with Crippen LogP contribution in [0.4, 0.5) is 0 Å². The first-order valence-corrected chi connectivity index (χ1v) is 8.79. The van der Waals surface area contributed by atoms with Crippen molar-refractivity contribution in [2.75, 3.05) is 0 Å². The number of rotatable bonds is 5. The third-order valence-corrected chi connectivity index (χ3v) is 4.69. The topological polar surface area (TPSA) is 69.9 Å². The number of hydrogen-bond donors (Lipinski definition) is 0. The van der Waals surface area contributed by atoms with Crippen molar-refractivity contribution >= 4 is 11.8 Å². The van der Waals surface area contributed by atoms with Gasteiger partial charge in [0.15, 0.2) is 10.9 Å². The Balaban J connectivity index is 1.52. The van der Waals surface area contributed by atoms with Gasteiger partial charge in [-0.2, -0.15) is 0 Å². The molecule has 0 aliphatic rings. The molecule has 0 atom stereocenters. The van der Waals surface area contributed by atoms with Gasteiger partial charge in [0, 0.05) is 12.4 Å². The molecule has 0 aliphatic carbocycles. The lowest BCUT2D eigenvalue weighted by molar-refractivity contribution is 0.494. The van der Waals surface area contributed by atoms with E-state index in [0.717, 1.165) is 10.8 Å². The predicted octanol–water partition coefficient (Wildman–Crippen LogP) is 4.42. The minimum Gasteiger partial charge on any atom is -0.459 e. The Morgan fingerprint density at radius 1 is 1.16 bits per heavy atom. The molecule has 7 heteroatoms. The van der Waals surface area contributed by atoms with Gasteiger partial charge in [-0.1, -0.05) is 29.5 Å². The Hall–Kier alpha value is -2.80. The Bertz CT molecular complexity index is 988. The van der Waals surface area contributed by atoms with E-state index in [0.29, 0.717) is 23.3 Å². The summed E-state index contributed by atoms with van der Waals surface area (Å²) in [5.74, 6) is 2.03. The molecule has 0 saturated carbocycles. The molecule has 0 amide bonds. The van der Waals surface area contributed by atoms with Crippen LogP contribution in [0.5, 0.6) is 0 Å². The van der Waals surface area contributed by atoms with Crippen molar-refractivity contribution in [1.82, 2.24) is 19.7 Å². The number of aromatic nitrogens is 4. The SMILES string of the molecule is Cc1ccc(-n2ccnc2SCc2nnc(-c3ccco3)o2)c(C)c1. The van der Waals surface area contributed by atoms with Gasteiger partial charge in [-0.3, -0.25) is 4.57 Å². The van der Waals surface area contributed by atoms with E-state index in [2.05, 4.69) is 51.8 Å². The molecule has 3 heterocycles. The Kier molecular flexibility index (Phi) is 4.15. The van der Waals surface area contributed by atoms with Crippen LogP contribution >= 0.6 is 11.8 Å². The van der Waals surface area contributed by atoms with Gasteiger partial charge in [0.1, 0.15) is 0 Å². The van der Waals surface area contributed by atoms with Crippen LogP contribution in [-0.4, -0.2) is 19.7 Å². The van der Waals surface area contributed by atoms with E-state index in [1.54, 1.807) is 36.4 Å². The summed E-state index contributed by atoms with van der Waals surface area (Å²) in [4.78, 5) is 4.45. The average Bonchev–Trinajstić information content (AvgIpc) is 3.34. The van der Waals surface area contributed by atoms with Gasteiger partial charge in [0.05, 0.1) is 17.7 Å². The Labute approximate surface area is 148 Å². The van der Waals surface area contributed by atoms with Gasteiger partial charge in [0.25, 0.3) is 5.89 Å². The molecule has 0 spiro atoms. The summed E-state index contributed by atoms with van der Waals surface area (Å²) in [7, 11) is 0. The highest BCUT2D eigenvalue weighted by Crippen LogP contribution is 2.27. The molecule has 0 bridgehead atoms. The van der Waals surface area contributed by atoms with Gasteiger partial charge < -0.3 is 8.83 Å². The van der Waals surface area contributed by atoms with Crippen LogP contribution in [0, 0.1) is 13.8 Å². The van der Waals surface area contributed by atoms with Crippen molar-refractivity contribution in [2.45, 2.75) is 24.8 Å². The highest BCUT2D eigenvalue weighted by Gasteiger charge is 2.13. The summed E-state index contributed by atoms with van der Waals surface area (Å²) < 4.78 is 13.0. The summed E-state index contributed by atoms with van der Waals surface area (Å²) in [5.41, 5.74) is 3.57. The first-order chi connectivity index (χ1) is 12.2. The van der Waals surface area contributed by atoms with Crippen LogP contribution in [0.3, 0.4) is 0 Å². The molecule has 0 fully saturated rings. The zero-order valence-electron chi connectivity index (χ0n) is 13.8. The van der Waals surface area contributed by atoms with Gasteiger partial charge in [-0.15, -0.1) is 10.2 Å². The second-order valence-electron chi connectivity index (χ2n) is 5.64. The monoisotopic (exact) mass is 352 g/mol. The summed E-state index contributed by atoms with van der Waals surface area (Å²) >= 11 is 1.55. The number of thioether (sulfide) groups is 1. The number of nitrogens with zero attached hydrogens (tertiary/aromatic N) is 4. The van der Waals surface area contributed by atoms with E-state index in [9.17, 15) is 0 Å². The smallest absolute Gasteiger partial charge is 0.283 e. The molecule has 0 unspecified atom stereocenters. The maximum Gasteiger partial charge on any atom is 0.283 e. The fourth-order valence-corrected chi connectivity index (χ4v) is 3.40. The minimum absolute atomic E-state index is 0.387. The number of hydrogen-bond acceptors (Lipinski definition) is 6. The summed E-state index contributed by atoms with van der Waals surface area (Å²) in [6.45, 7) is 4.19. The molecule has 0 saturated heterocycles. The summed E-state index contributed by atoms with van der Waals surface area (Å²) in [6.07, 6.45) is 5.33. The first-order valence-electron chi connectivity index (χ1n) is 7.81. The van der Waals surface area contributed by atoms with Gasteiger partial charge >= 0.3 is 0 Å². The number of benzene rings is 1. The van der Waals surface area contributed by atoms with Crippen LogP contribution in [0.25, 0.3) is 17.3 Å².